The zero-order valence-electron chi connectivity index (χ0n) is 11.4. The van der Waals surface area contributed by atoms with Crippen molar-refractivity contribution in [2.45, 2.75) is 32.7 Å². The highest BCUT2D eigenvalue weighted by Gasteiger charge is 2.28. The summed E-state index contributed by atoms with van der Waals surface area (Å²) >= 11 is 0. The Morgan fingerprint density at radius 3 is 1.60 bits per heavy atom. The van der Waals surface area contributed by atoms with Gasteiger partial charge >= 0.3 is 0 Å². The van der Waals surface area contributed by atoms with Crippen molar-refractivity contribution in [3.05, 3.63) is 41.6 Å². The van der Waals surface area contributed by atoms with Gasteiger partial charge in [-0.1, -0.05) is 20.8 Å². The first-order valence-electron chi connectivity index (χ1n) is 6.42. The molecule has 0 fully saturated rings. The van der Waals surface area contributed by atoms with E-state index in [0.29, 0.717) is 19.5 Å². The molecule has 20 heavy (non-hydrogen) atoms. The minimum atomic E-state index is -2.13. The van der Waals surface area contributed by atoms with E-state index in [0.717, 1.165) is 0 Å². The summed E-state index contributed by atoms with van der Waals surface area (Å²) in [5.74, 6) is -9.45. The van der Waals surface area contributed by atoms with E-state index in [4.69, 9.17) is 0 Å². The fourth-order valence-corrected chi connectivity index (χ4v) is 2.22. The molecule has 0 heterocycles. The van der Waals surface area contributed by atoms with Crippen LogP contribution in [-0.4, -0.2) is 24.0 Å². The third-order valence-corrected chi connectivity index (χ3v) is 3.40. The molecule has 0 bridgehead atoms. The molecule has 0 aliphatic heterocycles. The first kappa shape index (κ1) is 16.9. The lowest BCUT2D eigenvalue weighted by atomic mass is 10.0. The normalized spacial score (nSPS) is 13.1. The average Bonchev–Trinajstić information content (AvgIpc) is 2.46. The predicted octanol–water partition coefficient (Wildman–Crippen LogP) is 3.86. The van der Waals surface area contributed by atoms with Gasteiger partial charge in [-0.05, 0) is 25.9 Å². The second-order valence-electron chi connectivity index (χ2n) is 4.42. The number of likely N-dealkylation sites (N-methyl/N-ethyl adjacent to an activating group) is 1. The first-order valence-corrected chi connectivity index (χ1v) is 6.42. The quantitative estimate of drug-likeness (QED) is 0.437. The maximum absolute atomic E-state index is 13.6. The number of hydrogen-bond acceptors (Lipinski definition) is 1. The van der Waals surface area contributed by atoms with Crippen LogP contribution < -0.4 is 0 Å². The maximum Gasteiger partial charge on any atom is 0.200 e. The zero-order chi connectivity index (χ0) is 15.4. The van der Waals surface area contributed by atoms with E-state index in [1.165, 1.54) is 0 Å². The molecule has 0 aliphatic rings. The zero-order valence-corrected chi connectivity index (χ0v) is 11.4. The summed E-state index contributed by atoms with van der Waals surface area (Å²) in [6.07, 6.45) is 0.0398. The highest BCUT2D eigenvalue weighted by Crippen LogP contribution is 2.25. The van der Waals surface area contributed by atoms with Gasteiger partial charge in [-0.15, -0.1) is 0 Å². The van der Waals surface area contributed by atoms with Crippen LogP contribution in [0, 0.1) is 36.0 Å². The molecule has 1 aromatic carbocycles. The van der Waals surface area contributed by atoms with Crippen LogP contribution in [0.25, 0.3) is 0 Å². The molecule has 1 atom stereocenters. The molecule has 113 valence electrons. The van der Waals surface area contributed by atoms with Crippen molar-refractivity contribution in [1.29, 1.82) is 0 Å². The van der Waals surface area contributed by atoms with Gasteiger partial charge in [0.15, 0.2) is 23.3 Å². The van der Waals surface area contributed by atoms with Gasteiger partial charge in [0.1, 0.15) is 0 Å². The van der Waals surface area contributed by atoms with E-state index in [1.54, 1.807) is 0 Å². The molecule has 0 spiro atoms. The molecule has 1 radical (unpaired) electrons. The molecule has 0 N–H and O–H groups in total. The summed E-state index contributed by atoms with van der Waals surface area (Å²) in [7, 11) is 0. The first-order chi connectivity index (χ1) is 9.38. The van der Waals surface area contributed by atoms with E-state index in [2.05, 4.69) is 6.92 Å². The van der Waals surface area contributed by atoms with Gasteiger partial charge in [-0.25, -0.2) is 22.0 Å². The van der Waals surface area contributed by atoms with E-state index >= 15 is 0 Å². The van der Waals surface area contributed by atoms with Crippen LogP contribution in [0.3, 0.4) is 0 Å². The van der Waals surface area contributed by atoms with Gasteiger partial charge in [0.2, 0.25) is 5.82 Å². The number of hydrogen-bond donors (Lipinski definition) is 0. The van der Waals surface area contributed by atoms with Crippen LogP contribution >= 0.6 is 0 Å². The van der Waals surface area contributed by atoms with E-state index in [-0.39, 0.29) is 12.5 Å². The molecule has 0 aliphatic carbocycles. The Bertz CT molecular complexity index is 442. The van der Waals surface area contributed by atoms with Crippen molar-refractivity contribution in [2.24, 2.45) is 0 Å². The average molecular weight is 294 g/mol. The fraction of sp³-hybridized carbons (Fsp3) is 0.500. The summed E-state index contributed by atoms with van der Waals surface area (Å²) < 4.78 is 66.4. The molecule has 0 saturated carbocycles. The number of rotatable bonds is 6. The van der Waals surface area contributed by atoms with Gasteiger partial charge in [0.25, 0.3) is 0 Å². The van der Waals surface area contributed by atoms with E-state index in [9.17, 15) is 22.0 Å². The summed E-state index contributed by atoms with van der Waals surface area (Å²) in [5, 5.41) is 0. The predicted molar refractivity (Wildman–Crippen MR) is 66.6 cm³/mol. The number of halogens is 5. The molecule has 0 saturated heterocycles. The summed E-state index contributed by atoms with van der Waals surface area (Å²) in [6.45, 7) is 8.58. The van der Waals surface area contributed by atoms with Crippen LogP contribution in [0.2, 0.25) is 0 Å². The Kier molecular flexibility index (Phi) is 5.92. The molecule has 1 unspecified atom stereocenters. The van der Waals surface area contributed by atoms with Crippen LogP contribution in [0.4, 0.5) is 22.0 Å². The van der Waals surface area contributed by atoms with Gasteiger partial charge < -0.3 is 4.90 Å². The van der Waals surface area contributed by atoms with Crippen molar-refractivity contribution in [1.82, 2.24) is 4.90 Å². The summed E-state index contributed by atoms with van der Waals surface area (Å²) in [6, 6.07) is -0.377. The largest absolute Gasteiger partial charge is 0.301 e. The second kappa shape index (κ2) is 7.02. The van der Waals surface area contributed by atoms with Crippen LogP contribution in [0.15, 0.2) is 0 Å². The van der Waals surface area contributed by atoms with Crippen LogP contribution in [0.5, 0.6) is 0 Å². The SMILES string of the molecule is [CH2]CC(Cc1c(F)c(F)c(F)c(F)c1F)N(CC)CC. The minimum absolute atomic E-state index is 0.267. The Morgan fingerprint density at radius 2 is 1.25 bits per heavy atom. The number of nitrogens with zero attached hydrogens (tertiary/aromatic N) is 1. The standard InChI is InChI=1S/C14H17F5N/c1-4-8(20(5-2)6-3)7-9-10(15)12(17)14(19)13(18)11(9)16/h8H,1,4-7H2,2-3H3. The third kappa shape index (κ3) is 3.11. The van der Waals surface area contributed by atoms with E-state index in [1.807, 2.05) is 18.7 Å². The Hall–Kier alpha value is -1.17. The van der Waals surface area contributed by atoms with Crippen molar-refractivity contribution in [3.8, 4) is 0 Å². The highest BCUT2D eigenvalue weighted by atomic mass is 19.2. The smallest absolute Gasteiger partial charge is 0.200 e. The Balaban J connectivity index is 3.20. The Labute approximate surface area is 115 Å². The van der Waals surface area contributed by atoms with Crippen molar-refractivity contribution < 1.29 is 22.0 Å². The second-order valence-corrected chi connectivity index (χ2v) is 4.42. The molecule has 1 aromatic rings. The maximum atomic E-state index is 13.6. The van der Waals surface area contributed by atoms with Gasteiger partial charge in [-0.3, -0.25) is 0 Å². The number of benzene rings is 1. The Morgan fingerprint density at radius 1 is 0.850 bits per heavy atom. The van der Waals surface area contributed by atoms with Crippen molar-refractivity contribution >= 4 is 0 Å². The molecular weight excluding hydrogens is 277 g/mol. The monoisotopic (exact) mass is 294 g/mol. The molecule has 1 rings (SSSR count). The van der Waals surface area contributed by atoms with Gasteiger partial charge in [-0.2, -0.15) is 0 Å². The molecule has 6 heteroatoms. The van der Waals surface area contributed by atoms with Gasteiger partial charge in [0, 0.05) is 11.6 Å². The lowest BCUT2D eigenvalue weighted by Crippen LogP contribution is -2.36. The van der Waals surface area contributed by atoms with Crippen LogP contribution in [-0.2, 0) is 6.42 Å². The van der Waals surface area contributed by atoms with Crippen molar-refractivity contribution in [2.75, 3.05) is 13.1 Å². The van der Waals surface area contributed by atoms with Crippen LogP contribution in [0.1, 0.15) is 25.8 Å². The lowest BCUT2D eigenvalue weighted by Gasteiger charge is -2.29. The van der Waals surface area contributed by atoms with Crippen molar-refractivity contribution in [3.63, 3.8) is 0 Å². The molecule has 0 aromatic heterocycles. The molecule has 0 amide bonds. The highest BCUT2D eigenvalue weighted by molar-refractivity contribution is 5.25. The van der Waals surface area contributed by atoms with E-state index < -0.39 is 34.6 Å². The van der Waals surface area contributed by atoms with Gasteiger partial charge in [0.05, 0.1) is 0 Å². The lowest BCUT2D eigenvalue weighted by molar-refractivity contribution is 0.211. The third-order valence-electron chi connectivity index (χ3n) is 3.40. The molecule has 1 nitrogen and oxygen atoms in total. The minimum Gasteiger partial charge on any atom is -0.301 e. The summed E-state index contributed by atoms with van der Waals surface area (Å²) in [4.78, 5) is 1.87. The summed E-state index contributed by atoms with van der Waals surface area (Å²) in [5.41, 5.74) is -0.776. The fourth-order valence-electron chi connectivity index (χ4n) is 2.22. The topological polar surface area (TPSA) is 3.24 Å². The molecular formula is C14H17F5N.